The maximum absolute atomic E-state index is 12.5. The second-order valence-electron chi connectivity index (χ2n) is 5.25. The zero-order chi connectivity index (χ0) is 18.9. The molecule has 1 aromatic heterocycles. The number of sulfonamides is 1. The summed E-state index contributed by atoms with van der Waals surface area (Å²) in [7, 11) is -2.76. The van der Waals surface area contributed by atoms with Crippen molar-refractivity contribution in [2.75, 3.05) is 11.8 Å². The van der Waals surface area contributed by atoms with Crippen molar-refractivity contribution in [3.8, 4) is 0 Å². The second-order valence-corrected chi connectivity index (χ2v) is 7.33. The summed E-state index contributed by atoms with van der Waals surface area (Å²) in [6.07, 6.45) is 0. The number of hydrogen-bond acceptors (Lipinski definition) is 6. The molecule has 0 saturated carbocycles. The van der Waals surface area contributed by atoms with Crippen molar-refractivity contribution in [2.45, 2.75) is 11.4 Å². The van der Waals surface area contributed by atoms with Crippen molar-refractivity contribution in [1.82, 2.24) is 4.57 Å². The number of para-hydroxylation sites is 1. The molecule has 0 unspecified atom stereocenters. The summed E-state index contributed by atoms with van der Waals surface area (Å²) in [6, 6.07) is 10.3. The molecule has 0 radical (unpaired) electrons. The molecule has 0 aliphatic heterocycles. The number of nitrogens with zero attached hydrogens (tertiary/aromatic N) is 1. The summed E-state index contributed by atoms with van der Waals surface area (Å²) < 4.78 is 38.1. The van der Waals surface area contributed by atoms with Gasteiger partial charge in [0.2, 0.25) is 0 Å². The third-order valence-corrected chi connectivity index (χ3v) is 5.28. The van der Waals surface area contributed by atoms with Crippen LogP contribution in [0.4, 0.5) is 5.69 Å². The van der Waals surface area contributed by atoms with Crippen LogP contribution in [-0.2, 0) is 26.1 Å². The SMILES string of the molecule is COC(=O)Cn1c(=O)oc2cc(S(=O)(=O)Nc3ccccc3Cl)ccc21. The molecule has 3 rings (SSSR count). The molecule has 0 aliphatic carbocycles. The Balaban J connectivity index is 2.00. The van der Waals surface area contributed by atoms with E-state index in [2.05, 4.69) is 9.46 Å². The number of rotatable bonds is 5. The Morgan fingerprint density at radius 2 is 2.00 bits per heavy atom. The van der Waals surface area contributed by atoms with E-state index < -0.39 is 21.7 Å². The number of benzene rings is 2. The van der Waals surface area contributed by atoms with Crippen LogP contribution < -0.4 is 10.5 Å². The lowest BCUT2D eigenvalue weighted by Gasteiger charge is -2.09. The van der Waals surface area contributed by atoms with Crippen LogP contribution in [0.3, 0.4) is 0 Å². The van der Waals surface area contributed by atoms with Crippen molar-refractivity contribution in [3.63, 3.8) is 0 Å². The normalized spacial score (nSPS) is 11.5. The fourth-order valence-corrected chi connectivity index (χ4v) is 3.64. The zero-order valence-electron chi connectivity index (χ0n) is 13.4. The first-order valence-corrected chi connectivity index (χ1v) is 9.15. The Hall–Kier alpha value is -2.78. The van der Waals surface area contributed by atoms with Gasteiger partial charge in [0, 0.05) is 6.07 Å². The lowest BCUT2D eigenvalue weighted by molar-refractivity contribution is -0.141. The van der Waals surface area contributed by atoms with Crippen LogP contribution in [0.5, 0.6) is 0 Å². The van der Waals surface area contributed by atoms with E-state index in [-0.39, 0.29) is 33.2 Å². The maximum atomic E-state index is 12.5. The van der Waals surface area contributed by atoms with Crippen molar-refractivity contribution in [3.05, 3.63) is 58.0 Å². The third-order valence-electron chi connectivity index (χ3n) is 3.58. The molecule has 0 saturated heterocycles. The number of aromatic nitrogens is 1. The van der Waals surface area contributed by atoms with E-state index in [1.807, 2.05) is 0 Å². The average molecular weight is 397 g/mol. The van der Waals surface area contributed by atoms with Crippen LogP contribution in [0.15, 0.2) is 56.6 Å². The van der Waals surface area contributed by atoms with Gasteiger partial charge in [-0.2, -0.15) is 0 Å². The summed E-state index contributed by atoms with van der Waals surface area (Å²) in [5, 5.41) is 0.243. The van der Waals surface area contributed by atoms with E-state index in [0.717, 1.165) is 4.57 Å². The van der Waals surface area contributed by atoms with Gasteiger partial charge in [-0.1, -0.05) is 23.7 Å². The number of halogens is 1. The Kier molecular flexibility index (Phi) is 4.75. The number of nitrogens with one attached hydrogen (secondary N) is 1. The first-order valence-electron chi connectivity index (χ1n) is 7.29. The molecule has 1 heterocycles. The van der Waals surface area contributed by atoms with Crippen LogP contribution in [0.2, 0.25) is 5.02 Å². The lowest BCUT2D eigenvalue weighted by Crippen LogP contribution is -2.20. The molecule has 0 aliphatic rings. The number of oxazole rings is 1. The van der Waals surface area contributed by atoms with Gasteiger partial charge in [0.05, 0.1) is 28.2 Å². The number of methoxy groups -OCH3 is 1. The van der Waals surface area contributed by atoms with Crippen LogP contribution in [0.1, 0.15) is 0 Å². The molecule has 0 amide bonds. The molecule has 0 atom stereocenters. The zero-order valence-corrected chi connectivity index (χ0v) is 15.0. The molecule has 10 heteroatoms. The van der Waals surface area contributed by atoms with E-state index in [9.17, 15) is 18.0 Å². The number of anilines is 1. The molecule has 1 N–H and O–H groups in total. The fourth-order valence-electron chi connectivity index (χ4n) is 2.30. The van der Waals surface area contributed by atoms with Crippen LogP contribution >= 0.6 is 11.6 Å². The Labute approximate surface area is 153 Å². The predicted octanol–water partition coefficient (Wildman–Crippen LogP) is 2.22. The van der Waals surface area contributed by atoms with Gasteiger partial charge < -0.3 is 9.15 Å². The summed E-state index contributed by atoms with van der Waals surface area (Å²) in [5.74, 6) is -1.43. The Morgan fingerprint density at radius 1 is 1.27 bits per heavy atom. The monoisotopic (exact) mass is 396 g/mol. The van der Waals surface area contributed by atoms with Crippen LogP contribution in [0.25, 0.3) is 11.1 Å². The highest BCUT2D eigenvalue weighted by Gasteiger charge is 2.19. The van der Waals surface area contributed by atoms with Crippen LogP contribution in [0, 0.1) is 0 Å². The van der Waals surface area contributed by atoms with Gasteiger partial charge in [0.25, 0.3) is 10.0 Å². The molecule has 0 bridgehead atoms. The van der Waals surface area contributed by atoms with Gasteiger partial charge in [-0.25, -0.2) is 13.2 Å². The van der Waals surface area contributed by atoms with E-state index in [4.69, 9.17) is 16.0 Å². The predicted molar refractivity (Wildman–Crippen MR) is 94.8 cm³/mol. The van der Waals surface area contributed by atoms with Gasteiger partial charge in [-0.15, -0.1) is 0 Å². The third kappa shape index (κ3) is 3.44. The molecule has 3 aromatic rings. The number of ether oxygens (including phenoxy) is 1. The van der Waals surface area contributed by atoms with Gasteiger partial charge in [0.1, 0.15) is 6.54 Å². The maximum Gasteiger partial charge on any atom is 0.420 e. The average Bonchev–Trinajstić information content (AvgIpc) is 2.91. The number of esters is 1. The highest BCUT2D eigenvalue weighted by Crippen LogP contribution is 2.25. The first kappa shape index (κ1) is 18.0. The van der Waals surface area contributed by atoms with Gasteiger partial charge in [-0.3, -0.25) is 14.1 Å². The van der Waals surface area contributed by atoms with Gasteiger partial charge >= 0.3 is 11.7 Å². The summed E-state index contributed by atoms with van der Waals surface area (Å²) in [6.45, 7) is -0.341. The van der Waals surface area contributed by atoms with Gasteiger partial charge in [-0.05, 0) is 24.3 Å². The molecule has 2 aromatic carbocycles. The van der Waals surface area contributed by atoms with Crippen molar-refractivity contribution >= 4 is 44.4 Å². The molecular weight excluding hydrogens is 384 g/mol. The van der Waals surface area contributed by atoms with Crippen molar-refractivity contribution in [1.29, 1.82) is 0 Å². The summed E-state index contributed by atoms with van der Waals surface area (Å²) >= 11 is 5.97. The molecule has 0 fully saturated rings. The van der Waals surface area contributed by atoms with Crippen LogP contribution in [-0.4, -0.2) is 26.1 Å². The van der Waals surface area contributed by atoms with E-state index in [1.165, 1.54) is 31.4 Å². The first-order chi connectivity index (χ1) is 12.3. The minimum Gasteiger partial charge on any atom is -0.468 e. The largest absolute Gasteiger partial charge is 0.468 e. The number of carbonyl (C=O) groups excluding carboxylic acids is 1. The van der Waals surface area contributed by atoms with Gasteiger partial charge in [0.15, 0.2) is 5.58 Å². The van der Waals surface area contributed by atoms with Crippen molar-refractivity contribution < 1.29 is 22.4 Å². The minimum atomic E-state index is -3.96. The summed E-state index contributed by atoms with van der Waals surface area (Å²) in [5.41, 5.74) is 0.525. The lowest BCUT2D eigenvalue weighted by atomic mass is 10.3. The minimum absolute atomic E-state index is 0.0286. The highest BCUT2D eigenvalue weighted by atomic mass is 35.5. The molecule has 8 nitrogen and oxygen atoms in total. The molecule has 136 valence electrons. The number of carbonyl (C=O) groups is 1. The summed E-state index contributed by atoms with van der Waals surface area (Å²) in [4.78, 5) is 23.2. The number of fused-ring (bicyclic) bond motifs is 1. The highest BCUT2D eigenvalue weighted by molar-refractivity contribution is 7.92. The number of hydrogen-bond donors (Lipinski definition) is 1. The topological polar surface area (TPSA) is 108 Å². The van der Waals surface area contributed by atoms with E-state index in [1.54, 1.807) is 18.2 Å². The quantitative estimate of drug-likeness (QED) is 0.662. The standard InChI is InChI=1S/C16H13ClN2O6S/c1-24-15(20)9-19-13-7-6-10(8-14(13)25-16(19)21)26(22,23)18-12-5-3-2-4-11(12)17/h2-8,18H,9H2,1H3. The van der Waals surface area contributed by atoms with E-state index in [0.29, 0.717) is 0 Å². The Morgan fingerprint density at radius 3 is 2.69 bits per heavy atom. The van der Waals surface area contributed by atoms with E-state index >= 15 is 0 Å². The Bertz CT molecular complexity index is 1150. The van der Waals surface area contributed by atoms with Crippen molar-refractivity contribution in [2.24, 2.45) is 0 Å². The second kappa shape index (κ2) is 6.85. The smallest absolute Gasteiger partial charge is 0.420 e. The molecule has 26 heavy (non-hydrogen) atoms. The molecule has 0 spiro atoms. The fraction of sp³-hybridized carbons (Fsp3) is 0.125. The molecular formula is C16H13ClN2O6S.